The van der Waals surface area contributed by atoms with Gasteiger partial charge in [0.15, 0.2) is 18.2 Å². The fraction of sp³-hybridized carbons (Fsp3) is 0.500. The summed E-state index contributed by atoms with van der Waals surface area (Å²) in [5.41, 5.74) is 0.523. The van der Waals surface area contributed by atoms with Crippen molar-refractivity contribution in [1.29, 1.82) is 0 Å². The van der Waals surface area contributed by atoms with E-state index in [1.54, 1.807) is 30.0 Å². The van der Waals surface area contributed by atoms with Crippen LogP contribution in [0.2, 0.25) is 0 Å². The highest BCUT2D eigenvalue weighted by Crippen LogP contribution is 2.27. The first-order chi connectivity index (χ1) is 8.63. The molecule has 0 N–H and O–H groups in total. The number of carbonyl (C=O) groups is 1. The van der Waals surface area contributed by atoms with Gasteiger partial charge in [-0.25, -0.2) is 4.39 Å². The van der Waals surface area contributed by atoms with Crippen LogP contribution in [0.5, 0.6) is 5.75 Å². The van der Waals surface area contributed by atoms with E-state index in [4.69, 9.17) is 4.74 Å². The van der Waals surface area contributed by atoms with Crippen LogP contribution in [0, 0.1) is 12.7 Å². The first-order valence-corrected chi connectivity index (χ1v) is 6.31. The molecule has 1 aromatic rings. The monoisotopic (exact) mass is 251 g/mol. The molecule has 0 atom stereocenters. The molecule has 1 aliphatic carbocycles. The number of ether oxygens (including phenoxy) is 1. The molecular weight excluding hydrogens is 233 g/mol. The Kier molecular flexibility index (Phi) is 3.84. The number of likely N-dealkylation sites (N-methyl/N-ethyl adjacent to an activating group) is 1. The van der Waals surface area contributed by atoms with Crippen LogP contribution in [0.15, 0.2) is 18.2 Å². The molecule has 0 radical (unpaired) electrons. The molecule has 0 spiro atoms. The van der Waals surface area contributed by atoms with Gasteiger partial charge in [-0.05, 0) is 38.3 Å². The van der Waals surface area contributed by atoms with E-state index in [2.05, 4.69) is 0 Å². The molecular formula is C14H18FNO2. The number of benzene rings is 1. The molecule has 1 aromatic carbocycles. The summed E-state index contributed by atoms with van der Waals surface area (Å²) in [5.74, 6) is -0.309. The molecule has 0 saturated heterocycles. The van der Waals surface area contributed by atoms with E-state index in [9.17, 15) is 9.18 Å². The van der Waals surface area contributed by atoms with Crippen LogP contribution in [0.4, 0.5) is 4.39 Å². The molecule has 3 nitrogen and oxygen atoms in total. The maximum absolute atomic E-state index is 13.7. The van der Waals surface area contributed by atoms with Crippen molar-refractivity contribution in [3.8, 4) is 5.75 Å². The molecule has 1 saturated carbocycles. The lowest BCUT2D eigenvalue weighted by Gasteiger charge is -2.20. The van der Waals surface area contributed by atoms with Gasteiger partial charge in [-0.15, -0.1) is 0 Å². The average molecular weight is 251 g/mol. The zero-order valence-corrected chi connectivity index (χ0v) is 10.8. The Morgan fingerprint density at radius 1 is 1.50 bits per heavy atom. The highest BCUT2D eigenvalue weighted by atomic mass is 19.1. The maximum Gasteiger partial charge on any atom is 0.260 e. The molecule has 0 aliphatic heterocycles. The third-order valence-corrected chi connectivity index (χ3v) is 3.16. The Bertz CT molecular complexity index is 443. The Morgan fingerprint density at radius 3 is 2.83 bits per heavy atom. The molecule has 1 aliphatic rings. The van der Waals surface area contributed by atoms with E-state index >= 15 is 0 Å². The van der Waals surface area contributed by atoms with E-state index in [-0.39, 0.29) is 24.1 Å². The Hall–Kier alpha value is -1.58. The zero-order valence-electron chi connectivity index (χ0n) is 10.8. The van der Waals surface area contributed by atoms with E-state index in [1.165, 1.54) is 0 Å². The van der Waals surface area contributed by atoms with E-state index in [0.717, 1.165) is 12.8 Å². The van der Waals surface area contributed by atoms with Crippen LogP contribution < -0.4 is 4.74 Å². The summed E-state index contributed by atoms with van der Waals surface area (Å²) >= 11 is 0. The summed E-state index contributed by atoms with van der Waals surface area (Å²) in [6, 6.07) is 5.31. The molecule has 0 bridgehead atoms. The van der Waals surface area contributed by atoms with Crippen LogP contribution in [0.25, 0.3) is 0 Å². The van der Waals surface area contributed by atoms with Crippen LogP contribution >= 0.6 is 0 Å². The molecule has 0 unspecified atom stereocenters. The summed E-state index contributed by atoms with van der Waals surface area (Å²) in [4.78, 5) is 13.7. The van der Waals surface area contributed by atoms with Gasteiger partial charge in [0.1, 0.15) is 0 Å². The lowest BCUT2D eigenvalue weighted by Crippen LogP contribution is -2.36. The van der Waals surface area contributed by atoms with Crippen molar-refractivity contribution in [3.05, 3.63) is 29.6 Å². The minimum Gasteiger partial charge on any atom is -0.481 e. The van der Waals surface area contributed by atoms with Gasteiger partial charge in [-0.1, -0.05) is 12.1 Å². The van der Waals surface area contributed by atoms with Crippen molar-refractivity contribution in [1.82, 2.24) is 4.90 Å². The summed E-state index contributed by atoms with van der Waals surface area (Å²) < 4.78 is 18.9. The van der Waals surface area contributed by atoms with Crippen LogP contribution in [-0.2, 0) is 4.79 Å². The number of halogens is 1. The van der Waals surface area contributed by atoms with Crippen LogP contribution in [0.3, 0.4) is 0 Å². The predicted octanol–water partition coefficient (Wildman–Crippen LogP) is 2.52. The quantitative estimate of drug-likeness (QED) is 0.804. The summed E-state index contributed by atoms with van der Waals surface area (Å²) in [6.07, 6.45) is 2.14. The molecule has 0 heterocycles. The molecule has 98 valence electrons. The Balaban J connectivity index is 1.94. The summed E-state index contributed by atoms with van der Waals surface area (Å²) in [5, 5.41) is 0. The highest BCUT2D eigenvalue weighted by Gasteiger charge is 2.31. The Labute approximate surface area is 107 Å². The molecule has 1 amide bonds. The number of amides is 1. The van der Waals surface area contributed by atoms with Gasteiger partial charge in [-0.3, -0.25) is 4.79 Å². The second-order valence-corrected chi connectivity index (χ2v) is 4.59. The van der Waals surface area contributed by atoms with Gasteiger partial charge < -0.3 is 9.64 Å². The lowest BCUT2D eigenvalue weighted by molar-refractivity contribution is -0.133. The summed E-state index contributed by atoms with van der Waals surface area (Å²) in [7, 11) is 0. The largest absolute Gasteiger partial charge is 0.481 e. The molecule has 4 heteroatoms. The molecule has 1 fully saturated rings. The van der Waals surface area contributed by atoms with Crippen LogP contribution in [-0.4, -0.2) is 30.0 Å². The van der Waals surface area contributed by atoms with Gasteiger partial charge >= 0.3 is 0 Å². The standard InChI is InChI=1S/C14H18FNO2/c1-3-16(11-7-8-11)13(17)9-18-12-6-4-5-10(2)14(12)15/h4-6,11H,3,7-9H2,1-2H3. The van der Waals surface area contributed by atoms with Crippen molar-refractivity contribution in [2.45, 2.75) is 32.7 Å². The smallest absolute Gasteiger partial charge is 0.260 e. The second kappa shape index (κ2) is 5.38. The van der Waals surface area contributed by atoms with Gasteiger partial charge in [0.25, 0.3) is 5.91 Å². The maximum atomic E-state index is 13.7. The lowest BCUT2D eigenvalue weighted by atomic mass is 10.2. The molecule has 18 heavy (non-hydrogen) atoms. The fourth-order valence-electron chi connectivity index (χ4n) is 1.98. The first-order valence-electron chi connectivity index (χ1n) is 6.31. The predicted molar refractivity (Wildman–Crippen MR) is 67.0 cm³/mol. The first kappa shape index (κ1) is 12.9. The third kappa shape index (κ3) is 2.81. The van der Waals surface area contributed by atoms with E-state index < -0.39 is 0 Å². The van der Waals surface area contributed by atoms with Gasteiger partial charge in [0.2, 0.25) is 0 Å². The SMILES string of the molecule is CCN(C(=O)COc1cccc(C)c1F)C1CC1. The average Bonchev–Trinajstić information content (AvgIpc) is 3.16. The minimum atomic E-state index is -0.389. The van der Waals surface area contributed by atoms with Gasteiger partial charge in [0.05, 0.1) is 0 Å². The number of rotatable bonds is 5. The molecule has 0 aromatic heterocycles. The number of hydrogen-bond acceptors (Lipinski definition) is 2. The zero-order chi connectivity index (χ0) is 13.1. The van der Waals surface area contributed by atoms with Crippen molar-refractivity contribution in [2.24, 2.45) is 0 Å². The van der Waals surface area contributed by atoms with E-state index in [1.807, 2.05) is 6.92 Å². The van der Waals surface area contributed by atoms with Crippen LogP contribution in [0.1, 0.15) is 25.3 Å². The van der Waals surface area contributed by atoms with Crippen molar-refractivity contribution >= 4 is 5.91 Å². The van der Waals surface area contributed by atoms with Gasteiger partial charge in [0, 0.05) is 12.6 Å². The van der Waals surface area contributed by atoms with Crippen molar-refractivity contribution < 1.29 is 13.9 Å². The second-order valence-electron chi connectivity index (χ2n) is 4.59. The van der Waals surface area contributed by atoms with E-state index in [0.29, 0.717) is 18.2 Å². The highest BCUT2D eigenvalue weighted by molar-refractivity contribution is 5.78. The minimum absolute atomic E-state index is 0.0686. The number of hydrogen-bond donors (Lipinski definition) is 0. The van der Waals surface area contributed by atoms with Gasteiger partial charge in [-0.2, -0.15) is 0 Å². The van der Waals surface area contributed by atoms with Crippen molar-refractivity contribution in [2.75, 3.05) is 13.2 Å². The normalized spacial score (nSPS) is 14.4. The number of nitrogens with zero attached hydrogens (tertiary/aromatic N) is 1. The fourth-order valence-corrected chi connectivity index (χ4v) is 1.98. The van der Waals surface area contributed by atoms with Crippen molar-refractivity contribution in [3.63, 3.8) is 0 Å². The summed E-state index contributed by atoms with van der Waals surface area (Å²) in [6.45, 7) is 4.21. The number of carbonyl (C=O) groups excluding carboxylic acids is 1. The Morgan fingerprint density at radius 2 is 2.22 bits per heavy atom. The number of aryl methyl sites for hydroxylation is 1. The molecule has 2 rings (SSSR count). The third-order valence-electron chi connectivity index (χ3n) is 3.16. The topological polar surface area (TPSA) is 29.5 Å².